The van der Waals surface area contributed by atoms with E-state index >= 15 is 0 Å². The zero-order valence-corrected chi connectivity index (χ0v) is 8.33. The van der Waals surface area contributed by atoms with Crippen molar-refractivity contribution in [1.29, 1.82) is 0 Å². The topological polar surface area (TPSA) is 0 Å². The summed E-state index contributed by atoms with van der Waals surface area (Å²) >= 11 is 0. The Hall–Kier alpha value is -1.30. The van der Waals surface area contributed by atoms with Gasteiger partial charge in [-0.3, -0.25) is 0 Å². The average molecular weight is 172 g/mol. The standard InChI is InChI=1S/C13H16/c1-3-4-8-12(2)11-13-9-6-5-7-10-13/h3-10H,11H2,1-2H3/b4-3+,12-8+. The fraction of sp³-hybridized carbons (Fsp3) is 0.231. The van der Waals surface area contributed by atoms with Gasteiger partial charge in [-0.2, -0.15) is 0 Å². The summed E-state index contributed by atoms with van der Waals surface area (Å²) in [4.78, 5) is 0. The van der Waals surface area contributed by atoms with Crippen molar-refractivity contribution in [2.45, 2.75) is 20.3 Å². The van der Waals surface area contributed by atoms with Crippen LogP contribution in [0.15, 0.2) is 54.1 Å². The molecule has 0 aromatic heterocycles. The van der Waals surface area contributed by atoms with Crippen molar-refractivity contribution < 1.29 is 0 Å². The van der Waals surface area contributed by atoms with Crippen molar-refractivity contribution in [3.05, 3.63) is 59.7 Å². The van der Waals surface area contributed by atoms with Gasteiger partial charge >= 0.3 is 0 Å². The van der Waals surface area contributed by atoms with E-state index in [1.165, 1.54) is 11.1 Å². The van der Waals surface area contributed by atoms with Gasteiger partial charge in [0.2, 0.25) is 0 Å². The fourth-order valence-corrected chi connectivity index (χ4v) is 1.24. The summed E-state index contributed by atoms with van der Waals surface area (Å²) in [5.41, 5.74) is 2.77. The average Bonchev–Trinajstić information content (AvgIpc) is 2.16. The van der Waals surface area contributed by atoms with E-state index in [4.69, 9.17) is 0 Å². The monoisotopic (exact) mass is 172 g/mol. The molecule has 1 aromatic rings. The zero-order valence-electron chi connectivity index (χ0n) is 8.33. The second kappa shape index (κ2) is 5.36. The molecule has 0 heterocycles. The van der Waals surface area contributed by atoms with E-state index in [-0.39, 0.29) is 0 Å². The van der Waals surface area contributed by atoms with Gasteiger partial charge in [0, 0.05) is 0 Å². The van der Waals surface area contributed by atoms with E-state index in [2.05, 4.69) is 55.5 Å². The molecular weight excluding hydrogens is 156 g/mol. The van der Waals surface area contributed by atoms with E-state index in [9.17, 15) is 0 Å². The van der Waals surface area contributed by atoms with Crippen LogP contribution >= 0.6 is 0 Å². The lowest BCUT2D eigenvalue weighted by Crippen LogP contribution is -1.84. The van der Waals surface area contributed by atoms with Crippen molar-refractivity contribution in [2.24, 2.45) is 0 Å². The molecule has 0 atom stereocenters. The Morgan fingerprint density at radius 3 is 2.54 bits per heavy atom. The minimum absolute atomic E-state index is 1.05. The van der Waals surface area contributed by atoms with E-state index in [1.807, 2.05) is 6.92 Å². The summed E-state index contributed by atoms with van der Waals surface area (Å²) in [6.07, 6.45) is 7.34. The molecule has 68 valence electrons. The molecule has 0 radical (unpaired) electrons. The Bertz CT molecular complexity index is 291. The lowest BCUT2D eigenvalue weighted by molar-refractivity contribution is 1.14. The van der Waals surface area contributed by atoms with Gasteiger partial charge < -0.3 is 0 Å². The van der Waals surface area contributed by atoms with Crippen molar-refractivity contribution in [3.8, 4) is 0 Å². The normalized spacial score (nSPS) is 12.3. The van der Waals surface area contributed by atoms with Crippen LogP contribution in [-0.4, -0.2) is 0 Å². The van der Waals surface area contributed by atoms with Gasteiger partial charge in [0.1, 0.15) is 0 Å². The largest absolute Gasteiger partial charge is 0.0877 e. The summed E-state index contributed by atoms with van der Waals surface area (Å²) in [7, 11) is 0. The number of hydrogen-bond donors (Lipinski definition) is 0. The molecule has 0 aliphatic carbocycles. The molecule has 0 spiro atoms. The highest BCUT2D eigenvalue weighted by atomic mass is 14.0. The summed E-state index contributed by atoms with van der Waals surface area (Å²) < 4.78 is 0. The summed E-state index contributed by atoms with van der Waals surface area (Å²) in [5.74, 6) is 0. The molecule has 0 aliphatic heterocycles. The van der Waals surface area contributed by atoms with Gasteiger partial charge in [-0.1, -0.05) is 54.1 Å². The van der Waals surface area contributed by atoms with Crippen molar-refractivity contribution in [1.82, 2.24) is 0 Å². The molecule has 0 fully saturated rings. The first-order valence-corrected chi connectivity index (χ1v) is 4.65. The molecule has 0 amide bonds. The smallest absolute Gasteiger partial charge is 0.00668 e. The first-order chi connectivity index (χ1) is 6.33. The van der Waals surface area contributed by atoms with E-state index < -0.39 is 0 Å². The van der Waals surface area contributed by atoms with Crippen molar-refractivity contribution >= 4 is 0 Å². The van der Waals surface area contributed by atoms with Crippen LogP contribution < -0.4 is 0 Å². The third-order valence-corrected chi connectivity index (χ3v) is 1.90. The molecule has 0 heteroatoms. The Kier molecular flexibility index (Phi) is 4.04. The Morgan fingerprint density at radius 2 is 1.92 bits per heavy atom. The molecule has 0 aliphatic rings. The maximum atomic E-state index is 2.16. The van der Waals surface area contributed by atoms with Crippen molar-refractivity contribution in [2.75, 3.05) is 0 Å². The van der Waals surface area contributed by atoms with Crippen LogP contribution in [0.2, 0.25) is 0 Å². The van der Waals surface area contributed by atoms with Gasteiger partial charge in [-0.25, -0.2) is 0 Å². The predicted octanol–water partition coefficient (Wildman–Crippen LogP) is 3.75. The molecule has 13 heavy (non-hydrogen) atoms. The molecule has 1 rings (SSSR count). The number of benzene rings is 1. The van der Waals surface area contributed by atoms with Crippen LogP contribution in [0.3, 0.4) is 0 Å². The molecule has 0 bridgehead atoms. The quantitative estimate of drug-likeness (QED) is 0.609. The molecule has 0 N–H and O–H groups in total. The second-order valence-electron chi connectivity index (χ2n) is 3.20. The van der Waals surface area contributed by atoms with Gasteiger partial charge in [-0.05, 0) is 25.8 Å². The Balaban J connectivity index is 2.60. The number of hydrogen-bond acceptors (Lipinski definition) is 0. The lowest BCUT2D eigenvalue weighted by Gasteiger charge is -1.99. The third kappa shape index (κ3) is 3.75. The minimum Gasteiger partial charge on any atom is -0.0877 e. The van der Waals surface area contributed by atoms with E-state index in [1.54, 1.807) is 0 Å². The maximum absolute atomic E-state index is 2.16. The highest BCUT2D eigenvalue weighted by Gasteiger charge is 1.91. The highest BCUT2D eigenvalue weighted by molar-refractivity contribution is 5.22. The van der Waals surface area contributed by atoms with Crippen LogP contribution in [0.25, 0.3) is 0 Å². The highest BCUT2D eigenvalue weighted by Crippen LogP contribution is 2.06. The Morgan fingerprint density at radius 1 is 1.23 bits per heavy atom. The molecule has 1 aromatic carbocycles. The second-order valence-corrected chi connectivity index (χ2v) is 3.20. The summed E-state index contributed by atoms with van der Waals surface area (Å²) in [6, 6.07) is 10.5. The van der Waals surface area contributed by atoms with Crippen LogP contribution in [0.5, 0.6) is 0 Å². The summed E-state index contributed by atoms with van der Waals surface area (Å²) in [5, 5.41) is 0. The molecule has 0 saturated carbocycles. The van der Waals surface area contributed by atoms with Crippen LogP contribution in [0.1, 0.15) is 19.4 Å². The third-order valence-electron chi connectivity index (χ3n) is 1.90. The van der Waals surface area contributed by atoms with Crippen LogP contribution in [0, 0.1) is 0 Å². The fourth-order valence-electron chi connectivity index (χ4n) is 1.24. The number of allylic oxidation sites excluding steroid dienone is 4. The van der Waals surface area contributed by atoms with Gasteiger partial charge in [-0.15, -0.1) is 0 Å². The first-order valence-electron chi connectivity index (χ1n) is 4.65. The summed E-state index contributed by atoms with van der Waals surface area (Å²) in [6.45, 7) is 4.19. The van der Waals surface area contributed by atoms with E-state index in [0.29, 0.717) is 0 Å². The zero-order chi connectivity index (χ0) is 9.52. The van der Waals surface area contributed by atoms with Gasteiger partial charge in [0.05, 0.1) is 0 Å². The van der Waals surface area contributed by atoms with E-state index in [0.717, 1.165) is 6.42 Å². The van der Waals surface area contributed by atoms with Gasteiger partial charge in [0.15, 0.2) is 0 Å². The van der Waals surface area contributed by atoms with Crippen molar-refractivity contribution in [3.63, 3.8) is 0 Å². The number of rotatable bonds is 3. The van der Waals surface area contributed by atoms with Crippen LogP contribution in [0.4, 0.5) is 0 Å². The molecule has 0 nitrogen and oxygen atoms in total. The minimum atomic E-state index is 1.05. The van der Waals surface area contributed by atoms with Crippen LogP contribution in [-0.2, 0) is 6.42 Å². The SMILES string of the molecule is C/C=C/C=C(\C)Cc1ccccc1. The Labute approximate surface area is 80.6 Å². The predicted molar refractivity (Wildman–Crippen MR) is 58.7 cm³/mol. The lowest BCUT2D eigenvalue weighted by atomic mass is 10.1. The molecule has 0 unspecified atom stereocenters. The molecule has 0 saturated heterocycles. The maximum Gasteiger partial charge on any atom is -0.00668 e. The molecular formula is C13H16. The first kappa shape index (κ1) is 9.79. The van der Waals surface area contributed by atoms with Gasteiger partial charge in [0.25, 0.3) is 0 Å².